The Bertz CT molecular complexity index is 989. The lowest BCUT2D eigenvalue weighted by molar-refractivity contribution is 0.397. The number of fused-ring (bicyclic) bond motifs is 1. The van der Waals surface area contributed by atoms with Crippen molar-refractivity contribution in [3.05, 3.63) is 52.9 Å². The molecule has 0 radical (unpaired) electrons. The number of para-hydroxylation sites is 1. The Morgan fingerprint density at radius 3 is 2.61 bits per heavy atom. The molecule has 6 heteroatoms. The van der Waals surface area contributed by atoms with Gasteiger partial charge in [-0.2, -0.15) is 0 Å². The van der Waals surface area contributed by atoms with Gasteiger partial charge in [0.25, 0.3) is 0 Å². The molecule has 5 nitrogen and oxygen atoms in total. The quantitative estimate of drug-likeness (QED) is 0.626. The molecule has 5 rings (SSSR count). The van der Waals surface area contributed by atoms with E-state index in [4.69, 9.17) is 16.3 Å². The van der Waals surface area contributed by atoms with E-state index in [0.29, 0.717) is 10.9 Å². The lowest BCUT2D eigenvalue weighted by atomic mass is 9.88. The molecule has 3 aromatic rings. The number of hydrogen-bond acceptors (Lipinski definition) is 4. The molecule has 1 saturated heterocycles. The Morgan fingerprint density at radius 2 is 1.86 bits per heavy atom. The van der Waals surface area contributed by atoms with Gasteiger partial charge in [0.1, 0.15) is 16.6 Å². The van der Waals surface area contributed by atoms with Gasteiger partial charge < -0.3 is 9.64 Å². The largest absolute Gasteiger partial charge is 0.496 e. The predicted octanol–water partition coefficient (Wildman–Crippen LogP) is 4.73. The highest BCUT2D eigenvalue weighted by Crippen LogP contribution is 2.38. The Labute approximate surface area is 170 Å². The highest BCUT2D eigenvalue weighted by Gasteiger charge is 2.27. The van der Waals surface area contributed by atoms with E-state index in [1.807, 2.05) is 6.07 Å². The van der Waals surface area contributed by atoms with Crippen molar-refractivity contribution >= 4 is 22.9 Å². The summed E-state index contributed by atoms with van der Waals surface area (Å²) in [5, 5.41) is 9.48. The number of methoxy groups -OCH3 is 1. The molecule has 1 aliphatic carbocycles. The third kappa shape index (κ3) is 3.22. The van der Waals surface area contributed by atoms with Gasteiger partial charge in [-0.25, -0.2) is 0 Å². The summed E-state index contributed by atoms with van der Waals surface area (Å²) in [6.45, 7) is 1.95. The van der Waals surface area contributed by atoms with Crippen molar-refractivity contribution in [3.8, 4) is 5.75 Å². The second-order valence-electron chi connectivity index (χ2n) is 7.98. The van der Waals surface area contributed by atoms with E-state index in [1.54, 1.807) is 7.11 Å². The molecule has 0 spiro atoms. The van der Waals surface area contributed by atoms with Crippen molar-refractivity contribution in [2.45, 2.75) is 38.0 Å². The monoisotopic (exact) mass is 395 g/mol. The fourth-order valence-corrected chi connectivity index (χ4v) is 4.67. The van der Waals surface area contributed by atoms with Crippen LogP contribution in [0.5, 0.6) is 5.75 Å². The molecular formula is C22H25ClN4O. The minimum Gasteiger partial charge on any atom is -0.496 e. The normalized spacial score (nSPS) is 18.0. The number of piperidine rings is 1. The molecule has 0 unspecified atom stereocenters. The first-order valence-electron chi connectivity index (χ1n) is 10.1. The number of anilines is 1. The standard InChI is InChI=1S/C22H25ClN4O/c1-28-19-5-3-2-4-17(19)16-8-11-26(12-9-16)18-10-13-27-20(14-15-6-7-15)24-25-22(27)21(18)23/h2-5,10,13,15-16H,6-9,11-12,14H2,1H3/i1-1. The second-order valence-corrected chi connectivity index (χ2v) is 8.35. The van der Waals surface area contributed by atoms with Crippen LogP contribution in [0.1, 0.15) is 43.0 Å². The van der Waals surface area contributed by atoms with Crippen molar-refractivity contribution in [1.29, 1.82) is 0 Å². The van der Waals surface area contributed by atoms with Crippen molar-refractivity contribution < 1.29 is 4.74 Å². The fourth-order valence-electron chi connectivity index (χ4n) is 4.36. The van der Waals surface area contributed by atoms with E-state index < -0.39 is 0 Å². The molecule has 28 heavy (non-hydrogen) atoms. The third-order valence-corrected chi connectivity index (χ3v) is 6.51. The number of nitrogens with zero attached hydrogens (tertiary/aromatic N) is 4. The van der Waals surface area contributed by atoms with Gasteiger partial charge >= 0.3 is 0 Å². The van der Waals surface area contributed by atoms with E-state index in [1.165, 1.54) is 18.4 Å². The summed E-state index contributed by atoms with van der Waals surface area (Å²) in [6.07, 6.45) is 7.87. The molecule has 3 heterocycles. The van der Waals surface area contributed by atoms with Gasteiger partial charge in [0.05, 0.1) is 12.8 Å². The summed E-state index contributed by atoms with van der Waals surface area (Å²) >= 11 is 6.76. The average molecular weight is 396 g/mol. The Hall–Kier alpha value is -2.27. The molecule has 1 aromatic carbocycles. The Morgan fingerprint density at radius 1 is 1.07 bits per heavy atom. The smallest absolute Gasteiger partial charge is 0.181 e. The maximum atomic E-state index is 6.76. The summed E-state index contributed by atoms with van der Waals surface area (Å²) in [4.78, 5) is 2.38. The molecule has 1 saturated carbocycles. The molecule has 0 atom stereocenters. The van der Waals surface area contributed by atoms with Crippen LogP contribution >= 0.6 is 11.6 Å². The highest BCUT2D eigenvalue weighted by molar-refractivity contribution is 6.36. The van der Waals surface area contributed by atoms with Crippen LogP contribution in [0.4, 0.5) is 5.69 Å². The summed E-state index contributed by atoms with van der Waals surface area (Å²) in [5.41, 5.74) is 3.16. The van der Waals surface area contributed by atoms with Crippen molar-refractivity contribution in [2.75, 3.05) is 25.1 Å². The molecule has 0 N–H and O–H groups in total. The van der Waals surface area contributed by atoms with E-state index in [2.05, 4.69) is 50.0 Å². The summed E-state index contributed by atoms with van der Waals surface area (Å²) < 4.78 is 7.62. The minimum absolute atomic E-state index is 0.521. The van der Waals surface area contributed by atoms with Crippen LogP contribution in [0.2, 0.25) is 5.02 Å². The first-order valence-corrected chi connectivity index (χ1v) is 10.5. The summed E-state index contributed by atoms with van der Waals surface area (Å²) in [7, 11) is 1.75. The predicted molar refractivity (Wildman–Crippen MR) is 112 cm³/mol. The number of ether oxygens (including phenoxy) is 1. The number of rotatable bonds is 5. The Kier molecular flexibility index (Phi) is 4.63. The van der Waals surface area contributed by atoms with Crippen LogP contribution in [0, 0.1) is 5.92 Å². The van der Waals surface area contributed by atoms with E-state index in [9.17, 15) is 0 Å². The molecule has 146 valence electrons. The maximum absolute atomic E-state index is 6.76. The molecule has 0 bridgehead atoms. The lowest BCUT2D eigenvalue weighted by Crippen LogP contribution is -2.33. The van der Waals surface area contributed by atoms with Gasteiger partial charge in [-0.3, -0.25) is 4.40 Å². The number of halogens is 1. The first-order chi connectivity index (χ1) is 13.7. The third-order valence-electron chi connectivity index (χ3n) is 6.15. The minimum atomic E-state index is 0.521. The van der Waals surface area contributed by atoms with E-state index in [-0.39, 0.29) is 0 Å². The van der Waals surface area contributed by atoms with E-state index >= 15 is 0 Å². The van der Waals surface area contributed by atoms with Crippen molar-refractivity contribution in [1.82, 2.24) is 14.6 Å². The molecule has 2 aliphatic rings. The Balaban J connectivity index is 1.34. The van der Waals surface area contributed by atoms with Crippen molar-refractivity contribution in [3.63, 3.8) is 0 Å². The number of pyridine rings is 1. The highest BCUT2D eigenvalue weighted by atomic mass is 35.5. The molecule has 2 fully saturated rings. The van der Waals surface area contributed by atoms with Gasteiger partial charge in [-0.05, 0) is 55.2 Å². The molecule has 2 aromatic heterocycles. The fraction of sp³-hybridized carbons (Fsp3) is 0.455. The topological polar surface area (TPSA) is 42.7 Å². The molecule has 1 aliphatic heterocycles. The van der Waals surface area contributed by atoms with Gasteiger partial charge in [0.15, 0.2) is 5.65 Å². The SMILES string of the molecule is [11CH3]Oc1ccccc1C1CCN(c2ccn3c(CC4CC4)nnc3c2Cl)CC1. The van der Waals surface area contributed by atoms with Crippen molar-refractivity contribution in [2.24, 2.45) is 5.92 Å². The van der Waals surface area contributed by atoms with Gasteiger partial charge in [-0.15, -0.1) is 10.2 Å². The van der Waals surface area contributed by atoms with E-state index in [0.717, 1.165) is 61.2 Å². The maximum Gasteiger partial charge on any atom is 0.181 e. The zero-order valence-corrected chi connectivity index (χ0v) is 16.9. The van der Waals surface area contributed by atoms with Crippen LogP contribution in [0.15, 0.2) is 36.5 Å². The van der Waals surface area contributed by atoms with Crippen LogP contribution in [0.25, 0.3) is 5.65 Å². The lowest BCUT2D eigenvalue weighted by Gasteiger charge is -2.34. The molecule has 0 amide bonds. The van der Waals surface area contributed by atoms with Crippen LogP contribution in [0.3, 0.4) is 0 Å². The van der Waals surface area contributed by atoms with Gasteiger partial charge in [0, 0.05) is 25.7 Å². The summed E-state index contributed by atoms with van der Waals surface area (Å²) in [5.74, 6) is 3.32. The molecular weight excluding hydrogens is 371 g/mol. The number of benzene rings is 1. The number of aromatic nitrogens is 3. The van der Waals surface area contributed by atoms with Gasteiger partial charge in [-0.1, -0.05) is 29.8 Å². The zero-order chi connectivity index (χ0) is 19.1. The number of hydrogen-bond donors (Lipinski definition) is 0. The summed E-state index contributed by atoms with van der Waals surface area (Å²) in [6, 6.07) is 10.5. The van der Waals surface area contributed by atoms with Crippen LogP contribution in [-0.4, -0.2) is 34.8 Å². The average Bonchev–Trinajstić information content (AvgIpc) is 3.47. The zero-order valence-electron chi connectivity index (χ0n) is 16.1. The van der Waals surface area contributed by atoms with Gasteiger partial charge in [0.2, 0.25) is 0 Å². The first kappa shape index (κ1) is 17.8. The second kappa shape index (κ2) is 7.28. The van der Waals surface area contributed by atoms with Crippen LogP contribution in [-0.2, 0) is 6.42 Å². The van der Waals surface area contributed by atoms with Crippen LogP contribution < -0.4 is 9.64 Å².